The molecule has 1 aliphatic heterocycles. The summed E-state index contributed by atoms with van der Waals surface area (Å²) in [6.07, 6.45) is 7.10. The van der Waals surface area contributed by atoms with Crippen molar-refractivity contribution < 1.29 is 0 Å². The van der Waals surface area contributed by atoms with E-state index in [9.17, 15) is 0 Å². The van der Waals surface area contributed by atoms with Crippen LogP contribution in [0.1, 0.15) is 52.9 Å². The number of hydrogen-bond donors (Lipinski definition) is 1. The number of nitrogens with zero attached hydrogens (tertiary/aromatic N) is 1. The lowest BCUT2D eigenvalue weighted by molar-refractivity contribution is 0.114. The van der Waals surface area contributed by atoms with E-state index < -0.39 is 0 Å². The van der Waals surface area contributed by atoms with Crippen LogP contribution in [0.2, 0.25) is 0 Å². The summed E-state index contributed by atoms with van der Waals surface area (Å²) in [4.78, 5) is 2.72. The monoisotopic (exact) mass is 238 g/mol. The molecule has 2 rings (SSSR count). The SMILES string of the molecule is CCC(C)C1CN(CC2(C)CCCC2)CCN1. The molecule has 1 heterocycles. The van der Waals surface area contributed by atoms with Gasteiger partial charge in [-0.15, -0.1) is 0 Å². The first-order valence-electron chi connectivity index (χ1n) is 7.59. The molecule has 1 saturated heterocycles. The van der Waals surface area contributed by atoms with Crippen LogP contribution < -0.4 is 5.32 Å². The molecule has 0 amide bonds. The van der Waals surface area contributed by atoms with Crippen molar-refractivity contribution in [3.63, 3.8) is 0 Å². The highest BCUT2D eigenvalue weighted by molar-refractivity contribution is 4.88. The highest BCUT2D eigenvalue weighted by Gasteiger charge is 2.32. The zero-order valence-electron chi connectivity index (χ0n) is 12.0. The maximum atomic E-state index is 3.70. The molecule has 17 heavy (non-hydrogen) atoms. The molecular weight excluding hydrogens is 208 g/mol. The Morgan fingerprint density at radius 1 is 1.35 bits per heavy atom. The summed E-state index contributed by atoms with van der Waals surface area (Å²) in [6, 6.07) is 0.721. The van der Waals surface area contributed by atoms with Gasteiger partial charge in [-0.05, 0) is 24.2 Å². The molecular formula is C15H30N2. The molecule has 2 nitrogen and oxygen atoms in total. The van der Waals surface area contributed by atoms with Gasteiger partial charge in [0.05, 0.1) is 0 Å². The molecule has 2 aliphatic rings. The van der Waals surface area contributed by atoms with Gasteiger partial charge >= 0.3 is 0 Å². The molecule has 2 unspecified atom stereocenters. The van der Waals surface area contributed by atoms with Gasteiger partial charge in [-0.3, -0.25) is 4.90 Å². The van der Waals surface area contributed by atoms with Gasteiger partial charge in [-0.25, -0.2) is 0 Å². The lowest BCUT2D eigenvalue weighted by Gasteiger charge is -2.40. The molecule has 0 aromatic heterocycles. The molecule has 2 heteroatoms. The van der Waals surface area contributed by atoms with Crippen molar-refractivity contribution in [2.75, 3.05) is 26.2 Å². The van der Waals surface area contributed by atoms with E-state index >= 15 is 0 Å². The third-order valence-corrected chi connectivity index (χ3v) is 5.04. The number of rotatable bonds is 4. The van der Waals surface area contributed by atoms with Crippen molar-refractivity contribution in [2.24, 2.45) is 11.3 Å². The van der Waals surface area contributed by atoms with E-state index in [1.54, 1.807) is 0 Å². The van der Waals surface area contributed by atoms with Crippen LogP contribution in [-0.4, -0.2) is 37.1 Å². The van der Waals surface area contributed by atoms with Crippen LogP contribution in [0.15, 0.2) is 0 Å². The van der Waals surface area contributed by atoms with Crippen LogP contribution >= 0.6 is 0 Å². The number of piperazine rings is 1. The third kappa shape index (κ3) is 3.45. The molecule has 0 aromatic carbocycles. The molecule has 2 atom stereocenters. The van der Waals surface area contributed by atoms with Gasteiger partial charge in [0.15, 0.2) is 0 Å². The van der Waals surface area contributed by atoms with Crippen LogP contribution in [-0.2, 0) is 0 Å². The Balaban J connectivity index is 1.84. The van der Waals surface area contributed by atoms with E-state index in [2.05, 4.69) is 31.0 Å². The van der Waals surface area contributed by atoms with Crippen molar-refractivity contribution in [1.82, 2.24) is 10.2 Å². The quantitative estimate of drug-likeness (QED) is 0.810. The summed E-state index contributed by atoms with van der Waals surface area (Å²) in [7, 11) is 0. The lowest BCUT2D eigenvalue weighted by atomic mass is 9.87. The van der Waals surface area contributed by atoms with E-state index in [0.29, 0.717) is 5.41 Å². The molecule has 2 fully saturated rings. The molecule has 100 valence electrons. The third-order valence-electron chi connectivity index (χ3n) is 5.04. The van der Waals surface area contributed by atoms with Crippen LogP contribution in [0.25, 0.3) is 0 Å². The largest absolute Gasteiger partial charge is 0.311 e. The molecule has 0 radical (unpaired) electrons. The van der Waals surface area contributed by atoms with E-state index in [0.717, 1.165) is 12.0 Å². The minimum absolute atomic E-state index is 0.622. The number of hydrogen-bond acceptors (Lipinski definition) is 2. The average molecular weight is 238 g/mol. The summed E-state index contributed by atoms with van der Waals surface area (Å²) in [5.41, 5.74) is 0.622. The van der Waals surface area contributed by atoms with Crippen molar-refractivity contribution in [3.8, 4) is 0 Å². The van der Waals surface area contributed by atoms with Gasteiger partial charge in [0, 0.05) is 32.2 Å². The van der Waals surface area contributed by atoms with Gasteiger partial charge in [-0.1, -0.05) is 40.0 Å². The second-order valence-corrected chi connectivity index (χ2v) is 6.70. The topological polar surface area (TPSA) is 15.3 Å². The van der Waals surface area contributed by atoms with Crippen LogP contribution in [0.3, 0.4) is 0 Å². The Morgan fingerprint density at radius 2 is 2.06 bits per heavy atom. The van der Waals surface area contributed by atoms with Gasteiger partial charge in [0.2, 0.25) is 0 Å². The van der Waals surface area contributed by atoms with E-state index in [-0.39, 0.29) is 0 Å². The summed E-state index contributed by atoms with van der Waals surface area (Å²) < 4.78 is 0. The number of nitrogens with one attached hydrogen (secondary N) is 1. The second kappa shape index (κ2) is 5.71. The smallest absolute Gasteiger partial charge is 0.0221 e. The van der Waals surface area contributed by atoms with Crippen LogP contribution in [0.4, 0.5) is 0 Å². The molecule has 1 aliphatic carbocycles. The first-order valence-corrected chi connectivity index (χ1v) is 7.59. The Kier molecular flexibility index (Phi) is 4.48. The normalized spacial score (nSPS) is 31.6. The summed E-state index contributed by atoms with van der Waals surface area (Å²) in [5.74, 6) is 0.814. The molecule has 1 saturated carbocycles. The molecule has 1 N–H and O–H groups in total. The second-order valence-electron chi connectivity index (χ2n) is 6.70. The summed E-state index contributed by atoms with van der Waals surface area (Å²) in [6.45, 7) is 12.2. The summed E-state index contributed by atoms with van der Waals surface area (Å²) >= 11 is 0. The zero-order valence-corrected chi connectivity index (χ0v) is 12.0. The van der Waals surface area contributed by atoms with Crippen molar-refractivity contribution in [1.29, 1.82) is 0 Å². The average Bonchev–Trinajstić information content (AvgIpc) is 2.75. The standard InChI is InChI=1S/C15H30N2/c1-4-13(2)14-11-17(10-9-16-14)12-15(3)7-5-6-8-15/h13-14,16H,4-12H2,1-3H3. The fourth-order valence-corrected chi connectivity index (χ4v) is 3.58. The highest BCUT2D eigenvalue weighted by Crippen LogP contribution is 2.38. The van der Waals surface area contributed by atoms with Crippen LogP contribution in [0.5, 0.6) is 0 Å². The minimum Gasteiger partial charge on any atom is -0.311 e. The van der Waals surface area contributed by atoms with E-state index in [1.807, 2.05) is 0 Å². The van der Waals surface area contributed by atoms with E-state index in [1.165, 1.54) is 58.3 Å². The highest BCUT2D eigenvalue weighted by atomic mass is 15.2. The molecule has 0 bridgehead atoms. The van der Waals surface area contributed by atoms with Crippen molar-refractivity contribution in [2.45, 2.75) is 58.9 Å². The molecule has 0 aromatic rings. The van der Waals surface area contributed by atoms with Crippen molar-refractivity contribution in [3.05, 3.63) is 0 Å². The fourth-order valence-electron chi connectivity index (χ4n) is 3.58. The Labute approximate surface area is 107 Å². The van der Waals surface area contributed by atoms with Crippen molar-refractivity contribution >= 4 is 0 Å². The predicted molar refractivity (Wildman–Crippen MR) is 74.3 cm³/mol. The predicted octanol–water partition coefficient (Wildman–Crippen LogP) is 2.89. The maximum Gasteiger partial charge on any atom is 0.0221 e. The zero-order chi connectivity index (χ0) is 12.3. The summed E-state index contributed by atoms with van der Waals surface area (Å²) in [5, 5.41) is 3.70. The maximum absolute atomic E-state index is 3.70. The van der Waals surface area contributed by atoms with Gasteiger partial charge < -0.3 is 5.32 Å². The molecule has 0 spiro atoms. The van der Waals surface area contributed by atoms with Gasteiger partial charge in [0.1, 0.15) is 0 Å². The fraction of sp³-hybridized carbons (Fsp3) is 1.00. The lowest BCUT2D eigenvalue weighted by Crippen LogP contribution is -2.54. The van der Waals surface area contributed by atoms with E-state index in [4.69, 9.17) is 0 Å². The Morgan fingerprint density at radius 3 is 2.71 bits per heavy atom. The van der Waals surface area contributed by atoms with Gasteiger partial charge in [0.25, 0.3) is 0 Å². The first-order chi connectivity index (χ1) is 8.13. The first kappa shape index (κ1) is 13.4. The minimum atomic E-state index is 0.622. The Bertz CT molecular complexity index is 233. The van der Waals surface area contributed by atoms with Gasteiger partial charge in [-0.2, -0.15) is 0 Å². The van der Waals surface area contributed by atoms with Crippen LogP contribution in [0, 0.1) is 11.3 Å². The Hall–Kier alpha value is -0.0800.